The average Bonchev–Trinajstić information content (AvgIpc) is 2.12. The lowest BCUT2D eigenvalue weighted by Gasteiger charge is -2.61. The highest BCUT2D eigenvalue weighted by molar-refractivity contribution is 5.68. The predicted molar refractivity (Wildman–Crippen MR) is 63.5 cm³/mol. The molecule has 4 fully saturated rings. The number of aliphatic carboxylic acids is 1. The molecule has 1 unspecified atom stereocenters. The van der Waals surface area contributed by atoms with E-state index in [0.717, 1.165) is 37.0 Å². The quantitative estimate of drug-likeness (QED) is 0.794. The third-order valence-electron chi connectivity index (χ3n) is 5.68. The van der Waals surface area contributed by atoms with Gasteiger partial charge in [-0.1, -0.05) is 0 Å². The van der Waals surface area contributed by atoms with Crippen molar-refractivity contribution in [1.82, 2.24) is 0 Å². The minimum atomic E-state index is -1.02. The summed E-state index contributed by atoms with van der Waals surface area (Å²) in [5, 5.41) is 19.7. The van der Waals surface area contributed by atoms with Crippen molar-refractivity contribution in [3.05, 3.63) is 0 Å². The Labute approximate surface area is 102 Å². The van der Waals surface area contributed by atoms with Crippen LogP contribution in [0.5, 0.6) is 0 Å². The number of hydrogen-bond donors (Lipinski definition) is 2. The Morgan fingerprint density at radius 3 is 1.94 bits per heavy atom. The molecule has 4 bridgehead atoms. The summed E-state index contributed by atoms with van der Waals surface area (Å²) in [4.78, 5) is 10.9. The van der Waals surface area contributed by atoms with Gasteiger partial charge in [0.05, 0.1) is 12.0 Å². The number of carbonyl (C=O) groups is 1. The molecule has 0 aromatic heterocycles. The van der Waals surface area contributed by atoms with Crippen molar-refractivity contribution in [3.63, 3.8) is 0 Å². The van der Waals surface area contributed by atoms with Crippen LogP contribution in [-0.4, -0.2) is 21.8 Å². The van der Waals surface area contributed by atoms with E-state index in [4.69, 9.17) is 5.11 Å². The van der Waals surface area contributed by atoms with Gasteiger partial charge in [0.2, 0.25) is 0 Å². The molecular formula is C14H22O3. The second kappa shape index (κ2) is 3.47. The van der Waals surface area contributed by atoms with Gasteiger partial charge in [-0.3, -0.25) is 4.79 Å². The first-order valence-electron chi connectivity index (χ1n) is 6.84. The number of rotatable bonds is 3. The van der Waals surface area contributed by atoms with Crippen LogP contribution < -0.4 is 0 Å². The molecule has 0 aromatic carbocycles. The van der Waals surface area contributed by atoms with E-state index in [1.807, 2.05) is 0 Å². The molecular weight excluding hydrogens is 216 g/mol. The third-order valence-corrected chi connectivity index (χ3v) is 5.68. The van der Waals surface area contributed by atoms with Crippen molar-refractivity contribution in [3.8, 4) is 0 Å². The van der Waals surface area contributed by atoms with Crippen molar-refractivity contribution >= 4 is 5.97 Å². The van der Waals surface area contributed by atoms with Gasteiger partial charge in [0, 0.05) is 5.41 Å². The van der Waals surface area contributed by atoms with Crippen LogP contribution in [0.4, 0.5) is 0 Å². The van der Waals surface area contributed by atoms with Gasteiger partial charge in [-0.2, -0.15) is 0 Å². The molecule has 4 saturated carbocycles. The monoisotopic (exact) mass is 238 g/mol. The van der Waals surface area contributed by atoms with Crippen LogP contribution in [0.3, 0.4) is 0 Å². The summed E-state index contributed by atoms with van der Waals surface area (Å²) in [7, 11) is 0. The molecule has 0 aliphatic heterocycles. The number of hydrogen-bond acceptors (Lipinski definition) is 2. The predicted octanol–water partition coefficient (Wildman–Crippen LogP) is 2.43. The molecule has 0 heterocycles. The molecule has 2 N–H and O–H groups in total. The summed E-state index contributed by atoms with van der Waals surface area (Å²) in [5.74, 6) is 1.38. The average molecular weight is 238 g/mol. The molecule has 0 radical (unpaired) electrons. The molecule has 1 atom stereocenters. The van der Waals surface area contributed by atoms with Crippen LogP contribution >= 0.6 is 0 Å². The van der Waals surface area contributed by atoms with E-state index in [9.17, 15) is 9.90 Å². The summed E-state index contributed by atoms with van der Waals surface area (Å²) in [6.45, 7) is 1.76. The molecule has 4 rings (SSSR count). The van der Waals surface area contributed by atoms with Crippen molar-refractivity contribution in [2.45, 2.75) is 57.5 Å². The smallest absolute Gasteiger partial charge is 0.306 e. The van der Waals surface area contributed by atoms with E-state index in [-0.39, 0.29) is 11.8 Å². The summed E-state index contributed by atoms with van der Waals surface area (Å²) in [6.07, 6.45) is 7.03. The maximum Gasteiger partial charge on any atom is 0.306 e. The fraction of sp³-hybridized carbons (Fsp3) is 0.929. The van der Waals surface area contributed by atoms with Crippen LogP contribution in [0, 0.1) is 23.2 Å². The zero-order chi connectivity index (χ0) is 12.3. The minimum Gasteiger partial charge on any atom is -0.481 e. The topological polar surface area (TPSA) is 57.5 Å². The Kier molecular flexibility index (Phi) is 2.35. The van der Waals surface area contributed by atoms with E-state index in [2.05, 4.69) is 0 Å². The van der Waals surface area contributed by atoms with E-state index in [0.29, 0.717) is 0 Å². The molecule has 0 saturated heterocycles. The standard InChI is InChI=1S/C14H22O3/c1-13(17,8-12(15)16)14-5-9-2-10(6-14)4-11(3-9)7-14/h9-11,17H,2-8H2,1H3,(H,15,16). The largest absolute Gasteiger partial charge is 0.481 e. The van der Waals surface area contributed by atoms with Crippen LogP contribution in [-0.2, 0) is 4.79 Å². The highest BCUT2D eigenvalue weighted by atomic mass is 16.4. The SMILES string of the molecule is CC(O)(CC(=O)O)C12CC3CC(CC(C3)C1)C2. The molecule has 96 valence electrons. The Morgan fingerprint density at radius 2 is 1.59 bits per heavy atom. The zero-order valence-corrected chi connectivity index (χ0v) is 10.5. The van der Waals surface area contributed by atoms with E-state index in [1.165, 1.54) is 19.3 Å². The summed E-state index contributed by atoms with van der Waals surface area (Å²) in [5.41, 5.74) is -1.12. The fourth-order valence-corrected chi connectivity index (χ4v) is 5.25. The lowest BCUT2D eigenvalue weighted by atomic mass is 9.45. The summed E-state index contributed by atoms with van der Waals surface area (Å²) < 4.78 is 0. The first-order chi connectivity index (χ1) is 7.90. The van der Waals surface area contributed by atoms with Crippen molar-refractivity contribution in [2.75, 3.05) is 0 Å². The van der Waals surface area contributed by atoms with Crippen molar-refractivity contribution in [2.24, 2.45) is 23.2 Å². The Morgan fingerprint density at radius 1 is 1.18 bits per heavy atom. The highest BCUT2D eigenvalue weighted by Crippen LogP contribution is 2.64. The van der Waals surface area contributed by atoms with Crippen LogP contribution in [0.1, 0.15) is 51.9 Å². The Bertz CT molecular complexity index is 310. The van der Waals surface area contributed by atoms with Crippen LogP contribution in [0.2, 0.25) is 0 Å². The number of carboxylic acid groups (broad SMARTS) is 1. The van der Waals surface area contributed by atoms with E-state index >= 15 is 0 Å². The molecule has 4 aliphatic rings. The van der Waals surface area contributed by atoms with E-state index in [1.54, 1.807) is 6.92 Å². The molecule has 3 nitrogen and oxygen atoms in total. The summed E-state index contributed by atoms with van der Waals surface area (Å²) >= 11 is 0. The van der Waals surface area contributed by atoms with Gasteiger partial charge in [0.25, 0.3) is 0 Å². The number of aliphatic hydroxyl groups is 1. The van der Waals surface area contributed by atoms with Gasteiger partial charge in [0.15, 0.2) is 0 Å². The Balaban J connectivity index is 1.88. The normalized spacial score (nSPS) is 46.8. The van der Waals surface area contributed by atoms with Gasteiger partial charge in [-0.25, -0.2) is 0 Å². The van der Waals surface area contributed by atoms with Gasteiger partial charge >= 0.3 is 5.97 Å². The molecule has 0 spiro atoms. The maximum atomic E-state index is 10.9. The Hall–Kier alpha value is -0.570. The van der Waals surface area contributed by atoms with Gasteiger partial charge in [-0.15, -0.1) is 0 Å². The zero-order valence-electron chi connectivity index (χ0n) is 10.5. The third kappa shape index (κ3) is 1.70. The molecule has 3 heteroatoms. The lowest BCUT2D eigenvalue weighted by molar-refractivity contribution is -0.182. The van der Waals surface area contributed by atoms with Gasteiger partial charge < -0.3 is 10.2 Å². The second-order valence-corrected chi connectivity index (χ2v) is 7.04. The first kappa shape index (κ1) is 11.5. The highest BCUT2D eigenvalue weighted by Gasteiger charge is 2.58. The lowest BCUT2D eigenvalue weighted by Crippen LogP contribution is -2.57. The minimum absolute atomic E-state index is 0.0971. The molecule has 4 aliphatic carbocycles. The molecule has 0 amide bonds. The van der Waals surface area contributed by atoms with Crippen LogP contribution in [0.15, 0.2) is 0 Å². The van der Waals surface area contributed by atoms with Crippen molar-refractivity contribution < 1.29 is 15.0 Å². The maximum absolute atomic E-state index is 10.9. The van der Waals surface area contributed by atoms with E-state index < -0.39 is 11.6 Å². The second-order valence-electron chi connectivity index (χ2n) is 7.04. The van der Waals surface area contributed by atoms with Crippen LogP contribution in [0.25, 0.3) is 0 Å². The summed E-state index contributed by atoms with van der Waals surface area (Å²) in [6, 6.07) is 0. The van der Waals surface area contributed by atoms with Gasteiger partial charge in [-0.05, 0) is 63.2 Å². The molecule has 17 heavy (non-hydrogen) atoms. The van der Waals surface area contributed by atoms with Gasteiger partial charge in [0.1, 0.15) is 0 Å². The number of carboxylic acids is 1. The van der Waals surface area contributed by atoms with Crippen molar-refractivity contribution in [1.29, 1.82) is 0 Å². The molecule has 0 aromatic rings. The first-order valence-corrected chi connectivity index (χ1v) is 6.84. The fourth-order valence-electron chi connectivity index (χ4n) is 5.25.